The quantitative estimate of drug-likeness (QED) is 0.797. The fourth-order valence-corrected chi connectivity index (χ4v) is 2.11. The number of hydrogen-bond acceptors (Lipinski definition) is 4. The van der Waals surface area contributed by atoms with Crippen molar-refractivity contribution in [2.45, 2.75) is 6.18 Å². The van der Waals surface area contributed by atoms with E-state index in [-0.39, 0.29) is 16.9 Å². The van der Waals surface area contributed by atoms with Crippen LogP contribution in [0.2, 0.25) is 0 Å². The van der Waals surface area contributed by atoms with E-state index in [9.17, 15) is 18.0 Å². The van der Waals surface area contributed by atoms with Gasteiger partial charge in [-0.25, -0.2) is 4.68 Å². The number of hydrogen-bond donors (Lipinski definition) is 1. The molecule has 0 aliphatic carbocycles. The highest BCUT2D eigenvalue weighted by atomic mass is 19.4. The van der Waals surface area contributed by atoms with E-state index in [1.807, 2.05) is 0 Å². The van der Waals surface area contributed by atoms with Crippen LogP contribution in [0.25, 0.3) is 16.9 Å². The average Bonchev–Trinajstić information content (AvgIpc) is 3.01. The third-order valence-corrected chi connectivity index (χ3v) is 3.21. The molecule has 3 aromatic rings. The van der Waals surface area contributed by atoms with Crippen LogP contribution in [0.4, 0.5) is 13.2 Å². The number of alkyl halides is 3. The van der Waals surface area contributed by atoms with Crippen LogP contribution in [-0.2, 0) is 6.18 Å². The molecule has 1 amide bonds. The van der Waals surface area contributed by atoms with Gasteiger partial charge in [0.1, 0.15) is 5.69 Å². The summed E-state index contributed by atoms with van der Waals surface area (Å²) in [7, 11) is 0. The minimum atomic E-state index is -4.64. The van der Waals surface area contributed by atoms with Gasteiger partial charge in [0.25, 0.3) is 0 Å². The van der Waals surface area contributed by atoms with Crippen LogP contribution in [-0.4, -0.2) is 25.7 Å². The Balaban J connectivity index is 2.18. The summed E-state index contributed by atoms with van der Waals surface area (Å²) in [6.07, 6.45) is 0.610. The fraction of sp³-hybridized carbons (Fsp3) is 0.0667. The molecule has 0 aliphatic heterocycles. The molecular formula is C15H10F3N5O. The van der Waals surface area contributed by atoms with Crippen LogP contribution >= 0.6 is 0 Å². The number of pyridine rings is 2. The molecule has 0 aliphatic rings. The first kappa shape index (κ1) is 15.7. The van der Waals surface area contributed by atoms with Crippen LogP contribution in [0.3, 0.4) is 0 Å². The van der Waals surface area contributed by atoms with Crippen molar-refractivity contribution in [1.29, 1.82) is 0 Å². The van der Waals surface area contributed by atoms with Gasteiger partial charge in [-0.05, 0) is 24.3 Å². The highest BCUT2D eigenvalue weighted by molar-refractivity contribution is 5.92. The van der Waals surface area contributed by atoms with E-state index in [4.69, 9.17) is 5.73 Å². The zero-order valence-corrected chi connectivity index (χ0v) is 12.0. The first-order valence-electron chi connectivity index (χ1n) is 6.69. The van der Waals surface area contributed by atoms with Crippen LogP contribution < -0.4 is 5.73 Å². The van der Waals surface area contributed by atoms with Crippen molar-refractivity contribution in [3.05, 3.63) is 60.3 Å². The van der Waals surface area contributed by atoms with Gasteiger partial charge >= 0.3 is 6.18 Å². The minimum absolute atomic E-state index is 0.0148. The summed E-state index contributed by atoms with van der Waals surface area (Å²) in [5, 5.41) is 3.98. The molecule has 0 unspecified atom stereocenters. The molecule has 3 heterocycles. The topological polar surface area (TPSA) is 86.7 Å². The van der Waals surface area contributed by atoms with E-state index >= 15 is 0 Å². The maximum Gasteiger partial charge on any atom is 0.433 e. The molecule has 0 radical (unpaired) electrons. The second-order valence-corrected chi connectivity index (χ2v) is 4.86. The van der Waals surface area contributed by atoms with Crippen LogP contribution in [0.5, 0.6) is 0 Å². The smallest absolute Gasteiger partial charge is 0.366 e. The Bertz CT molecular complexity index is 890. The Labute approximate surface area is 133 Å². The lowest BCUT2D eigenvalue weighted by molar-refractivity contribution is -0.142. The van der Waals surface area contributed by atoms with Crippen LogP contribution in [0.1, 0.15) is 16.1 Å². The normalized spacial score (nSPS) is 11.5. The van der Waals surface area contributed by atoms with Gasteiger partial charge in [0.2, 0.25) is 5.91 Å². The molecule has 0 saturated heterocycles. The molecule has 0 saturated carbocycles. The molecule has 0 fully saturated rings. The van der Waals surface area contributed by atoms with Crippen molar-refractivity contribution < 1.29 is 18.0 Å². The number of halogens is 3. The molecule has 24 heavy (non-hydrogen) atoms. The third-order valence-electron chi connectivity index (χ3n) is 3.21. The van der Waals surface area contributed by atoms with Gasteiger partial charge in [0.15, 0.2) is 0 Å². The molecular weight excluding hydrogens is 323 g/mol. The molecule has 0 atom stereocenters. The highest BCUT2D eigenvalue weighted by Crippen LogP contribution is 2.33. The van der Waals surface area contributed by atoms with Crippen molar-refractivity contribution in [2.24, 2.45) is 5.73 Å². The lowest BCUT2D eigenvalue weighted by atomic mass is 10.2. The Morgan fingerprint density at radius 3 is 2.54 bits per heavy atom. The standard InChI is InChI=1S/C15H10F3N5O/c16-15(17,18)13-5-12(9-2-1-3-20-6-9)22-23(13)11-4-10(14(19)24)7-21-8-11/h1-8H,(H2,19,24). The number of rotatable bonds is 3. The maximum atomic E-state index is 13.3. The minimum Gasteiger partial charge on any atom is -0.366 e. The molecule has 6 nitrogen and oxygen atoms in total. The van der Waals surface area contributed by atoms with Gasteiger partial charge < -0.3 is 5.73 Å². The molecule has 0 spiro atoms. The largest absolute Gasteiger partial charge is 0.433 e. The monoisotopic (exact) mass is 333 g/mol. The second-order valence-electron chi connectivity index (χ2n) is 4.86. The Morgan fingerprint density at radius 2 is 1.92 bits per heavy atom. The molecule has 0 aromatic carbocycles. The summed E-state index contributed by atoms with van der Waals surface area (Å²) in [6.45, 7) is 0. The van der Waals surface area contributed by atoms with Crippen molar-refractivity contribution in [2.75, 3.05) is 0 Å². The van der Waals surface area contributed by atoms with Gasteiger partial charge in [0.05, 0.1) is 23.1 Å². The van der Waals surface area contributed by atoms with E-state index in [1.54, 1.807) is 12.1 Å². The van der Waals surface area contributed by atoms with Crippen molar-refractivity contribution in [3.63, 3.8) is 0 Å². The van der Waals surface area contributed by atoms with Crippen LogP contribution in [0, 0.1) is 0 Å². The van der Waals surface area contributed by atoms with E-state index in [1.165, 1.54) is 30.9 Å². The average molecular weight is 333 g/mol. The second kappa shape index (κ2) is 5.76. The lowest BCUT2D eigenvalue weighted by Gasteiger charge is -2.10. The summed E-state index contributed by atoms with van der Waals surface area (Å²) in [4.78, 5) is 18.8. The molecule has 3 aromatic heterocycles. The summed E-state index contributed by atoms with van der Waals surface area (Å²) in [6, 6.07) is 5.30. The number of carbonyl (C=O) groups is 1. The zero-order valence-electron chi connectivity index (χ0n) is 12.0. The number of primary amides is 1. The summed E-state index contributed by atoms with van der Waals surface area (Å²) >= 11 is 0. The Kier molecular flexibility index (Phi) is 3.76. The van der Waals surface area contributed by atoms with Gasteiger partial charge in [-0.1, -0.05) is 0 Å². The number of nitrogens with zero attached hydrogens (tertiary/aromatic N) is 4. The van der Waals surface area contributed by atoms with Crippen LogP contribution in [0.15, 0.2) is 49.1 Å². The first-order valence-corrected chi connectivity index (χ1v) is 6.69. The SMILES string of the molecule is NC(=O)c1cncc(-n2nc(-c3cccnc3)cc2C(F)(F)F)c1. The van der Waals surface area contributed by atoms with E-state index < -0.39 is 17.8 Å². The first-order chi connectivity index (χ1) is 11.4. The van der Waals surface area contributed by atoms with Gasteiger partial charge in [0, 0.05) is 24.2 Å². The predicted molar refractivity (Wildman–Crippen MR) is 78.1 cm³/mol. The fourth-order valence-electron chi connectivity index (χ4n) is 2.11. The van der Waals surface area contributed by atoms with Crippen molar-refractivity contribution in [1.82, 2.24) is 19.7 Å². The number of nitrogens with two attached hydrogens (primary N) is 1. The van der Waals surface area contributed by atoms with E-state index in [2.05, 4.69) is 15.1 Å². The molecule has 9 heteroatoms. The van der Waals surface area contributed by atoms with Gasteiger partial charge in [-0.2, -0.15) is 18.3 Å². The van der Waals surface area contributed by atoms with E-state index in [0.717, 1.165) is 6.07 Å². The molecule has 3 rings (SSSR count). The summed E-state index contributed by atoms with van der Waals surface area (Å²) in [5.74, 6) is -0.794. The number of carbonyl (C=O) groups excluding carboxylic acids is 1. The molecule has 0 bridgehead atoms. The van der Waals surface area contributed by atoms with Gasteiger partial charge in [-0.15, -0.1) is 0 Å². The maximum absolute atomic E-state index is 13.3. The van der Waals surface area contributed by atoms with Crippen molar-refractivity contribution in [3.8, 4) is 16.9 Å². The Morgan fingerprint density at radius 1 is 1.12 bits per heavy atom. The van der Waals surface area contributed by atoms with E-state index in [0.29, 0.717) is 10.2 Å². The highest BCUT2D eigenvalue weighted by Gasteiger charge is 2.36. The molecule has 122 valence electrons. The molecule has 2 N–H and O–H groups in total. The third kappa shape index (κ3) is 2.96. The predicted octanol–water partition coefficient (Wildman–Crippen LogP) is 2.45. The van der Waals surface area contributed by atoms with Crippen molar-refractivity contribution >= 4 is 5.91 Å². The number of aromatic nitrogens is 4. The Hall–Kier alpha value is -3.23. The zero-order chi connectivity index (χ0) is 17.3. The van der Waals surface area contributed by atoms with Gasteiger partial charge in [-0.3, -0.25) is 14.8 Å². The lowest BCUT2D eigenvalue weighted by Crippen LogP contribution is -2.15. The summed E-state index contributed by atoms with van der Waals surface area (Å²) < 4.78 is 40.7. The number of amides is 1. The summed E-state index contributed by atoms with van der Waals surface area (Å²) in [5.41, 5.74) is 4.64.